The van der Waals surface area contributed by atoms with Gasteiger partial charge in [-0.25, -0.2) is 0 Å². The van der Waals surface area contributed by atoms with Crippen molar-refractivity contribution < 1.29 is 17.9 Å². The SMILES string of the molecule is CN=C(NCCC(F)(F)F)N1CCOC(c2cnn(C)c2)C1. The number of rotatable bonds is 3. The number of alkyl halides is 3. The molecule has 22 heavy (non-hydrogen) atoms. The van der Waals surface area contributed by atoms with Crippen molar-refractivity contribution in [2.45, 2.75) is 18.7 Å². The molecule has 1 fully saturated rings. The standard InChI is InChI=1S/C13H20F3N5O/c1-17-12(18-4-3-13(14,15)16)21-5-6-22-11(9-21)10-7-19-20(2)8-10/h7-8,11H,3-6,9H2,1-2H3,(H,17,18). The monoisotopic (exact) mass is 319 g/mol. The van der Waals surface area contributed by atoms with E-state index in [1.165, 1.54) is 0 Å². The van der Waals surface area contributed by atoms with E-state index in [1.54, 1.807) is 17.9 Å². The lowest BCUT2D eigenvalue weighted by Crippen LogP contribution is -2.48. The highest BCUT2D eigenvalue weighted by atomic mass is 19.4. The molecule has 1 aromatic heterocycles. The highest BCUT2D eigenvalue weighted by Crippen LogP contribution is 2.22. The van der Waals surface area contributed by atoms with Crippen molar-refractivity contribution in [3.8, 4) is 0 Å². The summed E-state index contributed by atoms with van der Waals surface area (Å²) >= 11 is 0. The number of guanidine groups is 1. The van der Waals surface area contributed by atoms with Crippen molar-refractivity contribution in [2.75, 3.05) is 33.3 Å². The summed E-state index contributed by atoms with van der Waals surface area (Å²) in [7, 11) is 3.38. The second kappa shape index (κ2) is 6.99. The predicted molar refractivity (Wildman–Crippen MR) is 75.5 cm³/mol. The van der Waals surface area contributed by atoms with Gasteiger partial charge in [-0.2, -0.15) is 18.3 Å². The lowest BCUT2D eigenvalue weighted by atomic mass is 10.1. The van der Waals surface area contributed by atoms with Gasteiger partial charge in [0.15, 0.2) is 5.96 Å². The molecule has 1 aromatic rings. The summed E-state index contributed by atoms with van der Waals surface area (Å²) in [6.07, 6.45) is -1.62. The molecule has 0 radical (unpaired) electrons. The Morgan fingerprint density at radius 3 is 2.91 bits per heavy atom. The number of morpholine rings is 1. The van der Waals surface area contributed by atoms with E-state index in [9.17, 15) is 13.2 Å². The van der Waals surface area contributed by atoms with Crippen LogP contribution in [0.2, 0.25) is 0 Å². The van der Waals surface area contributed by atoms with Gasteiger partial charge in [0, 0.05) is 38.9 Å². The molecular weight excluding hydrogens is 299 g/mol. The van der Waals surface area contributed by atoms with Gasteiger partial charge in [-0.3, -0.25) is 9.67 Å². The zero-order valence-electron chi connectivity index (χ0n) is 12.6. The second-order valence-corrected chi connectivity index (χ2v) is 5.09. The first kappa shape index (κ1) is 16.6. The normalized spacial score (nSPS) is 20.3. The minimum atomic E-state index is -4.17. The summed E-state index contributed by atoms with van der Waals surface area (Å²) in [4.78, 5) is 5.95. The molecule has 0 aromatic carbocycles. The highest BCUT2D eigenvalue weighted by Gasteiger charge is 2.28. The van der Waals surface area contributed by atoms with Gasteiger partial charge < -0.3 is 15.0 Å². The van der Waals surface area contributed by atoms with Crippen LogP contribution in [-0.2, 0) is 11.8 Å². The Morgan fingerprint density at radius 1 is 1.55 bits per heavy atom. The number of hydrogen-bond donors (Lipinski definition) is 1. The van der Waals surface area contributed by atoms with E-state index in [4.69, 9.17) is 4.74 Å². The molecule has 1 unspecified atom stereocenters. The molecule has 2 heterocycles. The van der Waals surface area contributed by atoms with E-state index in [-0.39, 0.29) is 12.6 Å². The number of aromatic nitrogens is 2. The van der Waals surface area contributed by atoms with E-state index < -0.39 is 12.6 Å². The zero-order valence-corrected chi connectivity index (χ0v) is 12.6. The van der Waals surface area contributed by atoms with E-state index in [0.717, 1.165) is 5.56 Å². The molecule has 0 spiro atoms. The van der Waals surface area contributed by atoms with Crippen LogP contribution < -0.4 is 5.32 Å². The van der Waals surface area contributed by atoms with Gasteiger partial charge in [0.1, 0.15) is 6.10 Å². The van der Waals surface area contributed by atoms with Crippen LogP contribution in [0.1, 0.15) is 18.1 Å². The van der Waals surface area contributed by atoms with Crippen molar-refractivity contribution in [3.63, 3.8) is 0 Å². The molecule has 1 N–H and O–H groups in total. The van der Waals surface area contributed by atoms with Crippen molar-refractivity contribution in [3.05, 3.63) is 18.0 Å². The Kier molecular flexibility index (Phi) is 5.28. The molecule has 124 valence electrons. The van der Waals surface area contributed by atoms with Crippen LogP contribution in [0.5, 0.6) is 0 Å². The molecule has 0 saturated carbocycles. The third-order valence-corrected chi connectivity index (χ3v) is 3.37. The third kappa shape index (κ3) is 4.62. The molecule has 1 aliphatic heterocycles. The largest absolute Gasteiger partial charge is 0.390 e. The summed E-state index contributed by atoms with van der Waals surface area (Å²) in [6, 6.07) is 0. The summed E-state index contributed by atoms with van der Waals surface area (Å²) in [5.41, 5.74) is 0.943. The van der Waals surface area contributed by atoms with Crippen molar-refractivity contribution in [2.24, 2.45) is 12.0 Å². The van der Waals surface area contributed by atoms with Crippen LogP contribution in [0.3, 0.4) is 0 Å². The number of nitrogens with zero attached hydrogens (tertiary/aromatic N) is 4. The minimum absolute atomic E-state index is 0.163. The molecule has 1 atom stereocenters. The van der Waals surface area contributed by atoms with Crippen LogP contribution in [0.25, 0.3) is 0 Å². The number of halogens is 3. The third-order valence-electron chi connectivity index (χ3n) is 3.37. The molecule has 9 heteroatoms. The first-order valence-electron chi connectivity index (χ1n) is 7.01. The highest BCUT2D eigenvalue weighted by molar-refractivity contribution is 5.80. The average molecular weight is 319 g/mol. The van der Waals surface area contributed by atoms with Gasteiger partial charge in [0.05, 0.1) is 25.8 Å². The van der Waals surface area contributed by atoms with Crippen LogP contribution in [0.4, 0.5) is 13.2 Å². The smallest absolute Gasteiger partial charge is 0.370 e. The number of aryl methyl sites for hydroxylation is 1. The maximum absolute atomic E-state index is 12.2. The quantitative estimate of drug-likeness (QED) is 0.674. The lowest BCUT2D eigenvalue weighted by molar-refractivity contribution is -0.132. The molecule has 6 nitrogen and oxygen atoms in total. The van der Waals surface area contributed by atoms with E-state index in [1.807, 2.05) is 18.1 Å². The van der Waals surface area contributed by atoms with Crippen LogP contribution in [0, 0.1) is 0 Å². The lowest BCUT2D eigenvalue weighted by Gasteiger charge is -2.34. The van der Waals surface area contributed by atoms with Crippen LogP contribution in [-0.4, -0.2) is 60.1 Å². The van der Waals surface area contributed by atoms with Gasteiger partial charge in [-0.05, 0) is 0 Å². The van der Waals surface area contributed by atoms with Gasteiger partial charge in [0.25, 0.3) is 0 Å². The number of ether oxygens (including phenoxy) is 1. The first-order chi connectivity index (χ1) is 10.4. The summed E-state index contributed by atoms with van der Waals surface area (Å²) in [5, 5.41) is 6.86. The molecular formula is C13H20F3N5O. The Balaban J connectivity index is 1.92. The predicted octanol–water partition coefficient (Wildman–Crippen LogP) is 1.32. The van der Waals surface area contributed by atoms with E-state index in [0.29, 0.717) is 25.7 Å². The Morgan fingerprint density at radius 2 is 2.32 bits per heavy atom. The van der Waals surface area contributed by atoms with Gasteiger partial charge >= 0.3 is 6.18 Å². The van der Waals surface area contributed by atoms with Crippen molar-refractivity contribution >= 4 is 5.96 Å². The second-order valence-electron chi connectivity index (χ2n) is 5.09. The summed E-state index contributed by atoms with van der Waals surface area (Å²) < 4.78 is 44.0. The maximum Gasteiger partial charge on any atom is 0.390 e. The zero-order chi connectivity index (χ0) is 16.2. The topological polar surface area (TPSA) is 54.7 Å². The summed E-state index contributed by atoms with van der Waals surface area (Å²) in [5.74, 6) is 0.460. The molecule has 0 bridgehead atoms. The Labute approximate surface area is 126 Å². The van der Waals surface area contributed by atoms with E-state index >= 15 is 0 Å². The maximum atomic E-state index is 12.2. The fourth-order valence-electron chi connectivity index (χ4n) is 2.30. The van der Waals surface area contributed by atoms with Crippen LogP contribution >= 0.6 is 0 Å². The van der Waals surface area contributed by atoms with Crippen molar-refractivity contribution in [1.82, 2.24) is 20.0 Å². The van der Waals surface area contributed by atoms with Gasteiger partial charge in [-0.15, -0.1) is 0 Å². The molecule has 2 rings (SSSR count). The first-order valence-corrected chi connectivity index (χ1v) is 7.01. The number of hydrogen-bond acceptors (Lipinski definition) is 3. The summed E-state index contributed by atoms with van der Waals surface area (Å²) in [6.45, 7) is 1.41. The fourth-order valence-corrected chi connectivity index (χ4v) is 2.30. The molecule has 0 aliphatic carbocycles. The Hall–Kier alpha value is -1.77. The minimum Gasteiger partial charge on any atom is -0.370 e. The molecule has 1 aliphatic rings. The fraction of sp³-hybridized carbons (Fsp3) is 0.692. The molecule has 1 saturated heterocycles. The number of nitrogens with one attached hydrogen (secondary N) is 1. The van der Waals surface area contributed by atoms with Crippen molar-refractivity contribution in [1.29, 1.82) is 0 Å². The Bertz CT molecular complexity index is 514. The average Bonchev–Trinajstić information content (AvgIpc) is 2.89. The van der Waals surface area contributed by atoms with Gasteiger partial charge in [-0.1, -0.05) is 0 Å². The van der Waals surface area contributed by atoms with Crippen LogP contribution in [0.15, 0.2) is 17.4 Å². The van der Waals surface area contributed by atoms with E-state index in [2.05, 4.69) is 15.4 Å². The van der Waals surface area contributed by atoms with Gasteiger partial charge in [0.2, 0.25) is 0 Å². The number of aliphatic imine (C=N–C) groups is 1. The molecule has 0 amide bonds.